The molecule has 0 aromatic heterocycles. The topological polar surface area (TPSA) is 57.5 Å². The highest BCUT2D eigenvalue weighted by Crippen LogP contribution is 2.42. The number of halogens is 7. The van der Waals surface area contributed by atoms with Crippen LogP contribution in [0.5, 0.6) is 5.75 Å². The van der Waals surface area contributed by atoms with Crippen molar-refractivity contribution >= 4 is 5.97 Å². The van der Waals surface area contributed by atoms with Gasteiger partial charge >= 0.3 is 18.3 Å². The van der Waals surface area contributed by atoms with Gasteiger partial charge in [-0.05, 0) is 54.3 Å². The number of hydrogen-bond acceptors (Lipinski definition) is 2. The largest absolute Gasteiger partial charge is 0.507 e. The Balaban J connectivity index is 2.71. The zero-order valence-corrected chi connectivity index (χ0v) is 14.2. The van der Waals surface area contributed by atoms with E-state index >= 15 is 0 Å². The van der Waals surface area contributed by atoms with E-state index in [0.717, 1.165) is 13.0 Å². The molecule has 0 aliphatic rings. The average Bonchev–Trinajstić information content (AvgIpc) is 2.51. The first-order valence-electron chi connectivity index (χ1n) is 7.74. The van der Waals surface area contributed by atoms with Crippen molar-refractivity contribution in [2.24, 2.45) is 0 Å². The first-order chi connectivity index (χ1) is 12.7. The van der Waals surface area contributed by atoms with E-state index in [-0.39, 0.29) is 16.7 Å². The molecule has 2 aromatic carbocycles. The van der Waals surface area contributed by atoms with Crippen LogP contribution in [0.4, 0.5) is 30.7 Å². The summed E-state index contributed by atoms with van der Waals surface area (Å²) in [6.07, 6.45) is -11.1. The number of carbonyl (C=O) groups is 1. The number of benzene rings is 2. The summed E-state index contributed by atoms with van der Waals surface area (Å²) in [5.41, 5.74) is -4.38. The van der Waals surface area contributed by atoms with Crippen molar-refractivity contribution in [2.75, 3.05) is 0 Å². The number of hydrogen-bond donors (Lipinski definition) is 2. The van der Waals surface area contributed by atoms with Gasteiger partial charge < -0.3 is 10.2 Å². The Kier molecular flexibility index (Phi) is 5.63. The summed E-state index contributed by atoms with van der Waals surface area (Å²) in [5, 5.41) is 18.7. The third-order valence-electron chi connectivity index (χ3n) is 3.99. The van der Waals surface area contributed by atoms with Crippen molar-refractivity contribution in [3.8, 4) is 16.9 Å². The van der Waals surface area contributed by atoms with E-state index in [2.05, 4.69) is 0 Å². The minimum absolute atomic E-state index is 0.184. The molecule has 0 aliphatic carbocycles. The van der Waals surface area contributed by atoms with Crippen molar-refractivity contribution in [3.05, 3.63) is 52.3 Å². The quantitative estimate of drug-likeness (QED) is 0.649. The molecule has 3 nitrogen and oxygen atoms in total. The van der Waals surface area contributed by atoms with Gasteiger partial charge in [0.15, 0.2) is 0 Å². The summed E-state index contributed by atoms with van der Waals surface area (Å²) in [6.45, 7) is 1.15. The highest BCUT2D eigenvalue weighted by molar-refractivity contribution is 5.76. The van der Waals surface area contributed by atoms with Crippen LogP contribution in [0.25, 0.3) is 11.1 Å². The second kappa shape index (κ2) is 7.33. The number of aromatic hydroxyl groups is 1. The Morgan fingerprint density at radius 1 is 1.00 bits per heavy atom. The number of phenolic OH excluding ortho intramolecular Hbond substituents is 1. The van der Waals surface area contributed by atoms with Crippen LogP contribution in [0.2, 0.25) is 0 Å². The molecule has 0 saturated carbocycles. The molecular formula is C18H13F7O3. The van der Waals surface area contributed by atoms with Crippen LogP contribution in [0, 0.1) is 12.7 Å². The lowest BCUT2D eigenvalue weighted by atomic mass is 9.92. The van der Waals surface area contributed by atoms with Crippen LogP contribution in [-0.4, -0.2) is 16.2 Å². The number of aryl methyl sites for hydroxylation is 2. The minimum atomic E-state index is -5.13. The second-order valence-corrected chi connectivity index (χ2v) is 6.07. The van der Waals surface area contributed by atoms with Gasteiger partial charge in [-0.15, -0.1) is 0 Å². The lowest BCUT2D eigenvalue weighted by Gasteiger charge is -2.17. The third-order valence-corrected chi connectivity index (χ3v) is 3.99. The fraction of sp³-hybridized carbons (Fsp3) is 0.278. The van der Waals surface area contributed by atoms with Crippen LogP contribution < -0.4 is 0 Å². The fourth-order valence-electron chi connectivity index (χ4n) is 2.77. The van der Waals surface area contributed by atoms with Gasteiger partial charge in [0.25, 0.3) is 0 Å². The van der Waals surface area contributed by atoms with Crippen LogP contribution in [-0.2, 0) is 23.6 Å². The molecule has 0 bridgehead atoms. The smallest absolute Gasteiger partial charge is 0.419 e. The van der Waals surface area contributed by atoms with Gasteiger partial charge in [0.05, 0.1) is 11.1 Å². The van der Waals surface area contributed by atoms with Gasteiger partial charge in [-0.2, -0.15) is 26.3 Å². The van der Waals surface area contributed by atoms with Crippen molar-refractivity contribution in [3.63, 3.8) is 0 Å². The third kappa shape index (κ3) is 4.55. The molecular weight excluding hydrogens is 397 g/mol. The molecule has 2 aromatic rings. The monoisotopic (exact) mass is 410 g/mol. The molecule has 0 amide bonds. The SMILES string of the molecule is Cc1cc(C(F)(F)F)cc(O)c1-c1cc(CCC(=O)O)c(F)c(C(F)(F)F)c1. The molecule has 2 N–H and O–H groups in total. The summed E-state index contributed by atoms with van der Waals surface area (Å²) in [7, 11) is 0. The van der Waals surface area contributed by atoms with Crippen molar-refractivity contribution in [1.82, 2.24) is 0 Å². The van der Waals surface area contributed by atoms with Crippen molar-refractivity contribution in [2.45, 2.75) is 32.1 Å². The standard InChI is InChI=1S/C18H13F7O3/c1-8-4-11(17(20,21)22)7-13(26)15(8)10-5-9(2-3-14(27)28)16(19)12(6-10)18(23,24)25/h4-7,26H,2-3H2,1H3,(H,27,28). The van der Waals surface area contributed by atoms with E-state index in [9.17, 15) is 40.6 Å². The Hall–Kier alpha value is -2.78. The summed E-state index contributed by atoms with van der Waals surface area (Å²) in [5.74, 6) is -3.97. The van der Waals surface area contributed by atoms with Gasteiger partial charge in [-0.1, -0.05) is 0 Å². The molecule has 0 unspecified atom stereocenters. The summed E-state index contributed by atoms with van der Waals surface area (Å²) in [4.78, 5) is 10.7. The molecule has 152 valence electrons. The number of aliphatic carboxylic acids is 1. The Morgan fingerprint density at radius 2 is 1.61 bits per heavy atom. The Morgan fingerprint density at radius 3 is 2.07 bits per heavy atom. The van der Waals surface area contributed by atoms with Crippen LogP contribution in [0.15, 0.2) is 24.3 Å². The van der Waals surface area contributed by atoms with Gasteiger partial charge in [0.1, 0.15) is 11.6 Å². The summed E-state index contributed by atoms with van der Waals surface area (Å²) in [6, 6.07) is 2.26. The molecule has 0 heterocycles. The van der Waals surface area contributed by atoms with Gasteiger partial charge in [-0.3, -0.25) is 4.79 Å². The zero-order chi connectivity index (χ0) is 21.4. The van der Waals surface area contributed by atoms with E-state index < -0.39 is 59.4 Å². The Bertz CT molecular complexity index is 892. The molecule has 0 saturated heterocycles. The van der Waals surface area contributed by atoms with Crippen LogP contribution in [0.1, 0.15) is 28.7 Å². The number of phenols is 1. The average molecular weight is 410 g/mol. The van der Waals surface area contributed by atoms with E-state index in [4.69, 9.17) is 5.11 Å². The van der Waals surface area contributed by atoms with E-state index in [1.165, 1.54) is 0 Å². The maximum atomic E-state index is 14.2. The maximum absolute atomic E-state index is 14.2. The van der Waals surface area contributed by atoms with E-state index in [1.54, 1.807) is 0 Å². The Labute approximate surface area is 154 Å². The molecule has 2 rings (SSSR count). The summed E-state index contributed by atoms with van der Waals surface area (Å²) < 4.78 is 92.2. The van der Waals surface area contributed by atoms with Crippen molar-refractivity contribution in [1.29, 1.82) is 0 Å². The van der Waals surface area contributed by atoms with E-state index in [0.29, 0.717) is 18.2 Å². The molecule has 0 aliphatic heterocycles. The van der Waals surface area contributed by atoms with Crippen LogP contribution in [0.3, 0.4) is 0 Å². The number of carboxylic acid groups (broad SMARTS) is 1. The number of alkyl halides is 6. The molecule has 0 spiro atoms. The fourth-order valence-corrected chi connectivity index (χ4v) is 2.77. The predicted octanol–water partition coefficient (Wildman–Crippen LogP) is 5.56. The lowest BCUT2D eigenvalue weighted by molar-refractivity contribution is -0.140. The number of carboxylic acids is 1. The first-order valence-corrected chi connectivity index (χ1v) is 7.74. The van der Waals surface area contributed by atoms with E-state index in [1.807, 2.05) is 0 Å². The lowest BCUT2D eigenvalue weighted by Crippen LogP contribution is -2.12. The maximum Gasteiger partial charge on any atom is 0.419 e. The second-order valence-electron chi connectivity index (χ2n) is 6.07. The van der Waals surface area contributed by atoms with Gasteiger partial charge in [0.2, 0.25) is 0 Å². The van der Waals surface area contributed by atoms with Crippen LogP contribution >= 0.6 is 0 Å². The molecule has 0 fully saturated rings. The highest BCUT2D eigenvalue weighted by Gasteiger charge is 2.36. The molecule has 10 heteroatoms. The van der Waals surface area contributed by atoms with Crippen molar-refractivity contribution < 1.29 is 45.7 Å². The van der Waals surface area contributed by atoms with Gasteiger partial charge in [-0.25, -0.2) is 4.39 Å². The summed E-state index contributed by atoms with van der Waals surface area (Å²) >= 11 is 0. The predicted molar refractivity (Wildman–Crippen MR) is 84.2 cm³/mol. The highest BCUT2D eigenvalue weighted by atomic mass is 19.4. The minimum Gasteiger partial charge on any atom is -0.507 e. The molecule has 28 heavy (non-hydrogen) atoms. The normalized spacial score (nSPS) is 12.3. The van der Waals surface area contributed by atoms with Gasteiger partial charge in [0, 0.05) is 12.0 Å². The zero-order valence-electron chi connectivity index (χ0n) is 14.2. The molecule has 0 atom stereocenters. The first kappa shape index (κ1) is 21.5. The number of rotatable bonds is 4. The molecule has 0 radical (unpaired) electrons.